The largest absolute Gasteiger partial charge is 0.454 e. The number of anilines is 3. The molecule has 4 heterocycles. The van der Waals surface area contributed by atoms with Crippen molar-refractivity contribution in [3.8, 4) is 33.4 Å². The number of furan rings is 1. The molecular formula is C59H51BN2O. The topological polar surface area (TPSA) is 21.3 Å². The first-order valence-electron chi connectivity index (χ1n) is 23.2. The van der Waals surface area contributed by atoms with Crippen molar-refractivity contribution < 1.29 is 4.42 Å². The van der Waals surface area contributed by atoms with Crippen LogP contribution in [0.2, 0.25) is 0 Å². The van der Waals surface area contributed by atoms with Crippen LogP contribution in [-0.2, 0) is 21.7 Å². The molecule has 14 rings (SSSR count). The van der Waals surface area contributed by atoms with Crippen LogP contribution in [0, 0.1) is 6.92 Å². The molecule has 2 aromatic heterocycles. The maximum absolute atomic E-state index is 6.96. The summed E-state index contributed by atoms with van der Waals surface area (Å²) < 4.78 is 9.67. The van der Waals surface area contributed by atoms with Gasteiger partial charge in [-0.3, -0.25) is 0 Å². The summed E-state index contributed by atoms with van der Waals surface area (Å²) in [7, 11) is 0. The molecule has 0 spiro atoms. The molecule has 63 heavy (non-hydrogen) atoms. The van der Waals surface area contributed by atoms with E-state index in [0.29, 0.717) is 0 Å². The molecule has 4 heteroatoms. The van der Waals surface area contributed by atoms with E-state index >= 15 is 0 Å². The third kappa shape index (κ3) is 4.16. The first-order valence-corrected chi connectivity index (χ1v) is 23.2. The number of rotatable bonds is 1. The molecule has 0 N–H and O–H groups in total. The van der Waals surface area contributed by atoms with Crippen molar-refractivity contribution in [1.29, 1.82) is 0 Å². The van der Waals surface area contributed by atoms with Crippen LogP contribution >= 0.6 is 0 Å². The lowest BCUT2D eigenvalue weighted by atomic mass is 9.43. The van der Waals surface area contributed by atoms with Gasteiger partial charge in [-0.05, 0) is 139 Å². The average Bonchev–Trinajstić information content (AvgIpc) is 3.95. The van der Waals surface area contributed by atoms with Crippen molar-refractivity contribution in [3.63, 3.8) is 0 Å². The van der Waals surface area contributed by atoms with Gasteiger partial charge in [-0.2, -0.15) is 0 Å². The van der Waals surface area contributed by atoms with Crippen LogP contribution < -0.4 is 15.8 Å². The number of benzene rings is 7. The van der Waals surface area contributed by atoms with Gasteiger partial charge in [0.1, 0.15) is 5.58 Å². The first kappa shape index (κ1) is 36.3. The second-order valence-corrected chi connectivity index (χ2v) is 21.9. The summed E-state index contributed by atoms with van der Waals surface area (Å²) in [5, 5.41) is 2.35. The normalized spacial score (nSPS) is 18.2. The van der Waals surface area contributed by atoms with Crippen LogP contribution in [0.15, 0.2) is 126 Å². The van der Waals surface area contributed by atoms with Crippen LogP contribution in [0.5, 0.6) is 0 Å². The number of aromatic nitrogens is 1. The van der Waals surface area contributed by atoms with E-state index < -0.39 is 0 Å². The molecule has 0 fully saturated rings. The van der Waals surface area contributed by atoms with E-state index in [1.165, 1.54) is 135 Å². The Bertz CT molecular complexity index is 3610. The van der Waals surface area contributed by atoms with Crippen LogP contribution in [-0.4, -0.2) is 11.3 Å². The molecule has 0 atom stereocenters. The predicted octanol–water partition coefficient (Wildman–Crippen LogP) is 14.2. The molecule has 7 aromatic carbocycles. The Kier molecular flexibility index (Phi) is 6.49. The number of hydrogen-bond acceptors (Lipinski definition) is 2. The molecule has 3 nitrogen and oxygen atoms in total. The molecule has 0 amide bonds. The van der Waals surface area contributed by atoms with Crippen LogP contribution in [0.1, 0.15) is 107 Å². The van der Waals surface area contributed by atoms with E-state index in [4.69, 9.17) is 4.42 Å². The zero-order valence-electron chi connectivity index (χ0n) is 37.8. The Balaban J connectivity index is 1.22. The fourth-order valence-corrected chi connectivity index (χ4v) is 13.8. The molecule has 0 saturated heterocycles. The van der Waals surface area contributed by atoms with Gasteiger partial charge in [0.15, 0.2) is 5.58 Å². The maximum atomic E-state index is 6.96. The summed E-state index contributed by atoms with van der Waals surface area (Å²) in [6.07, 6.45) is 2.36. The summed E-state index contributed by atoms with van der Waals surface area (Å²) in [5.41, 5.74) is 28.8. The molecule has 0 unspecified atom stereocenters. The zero-order valence-corrected chi connectivity index (χ0v) is 37.8. The van der Waals surface area contributed by atoms with Crippen LogP contribution in [0.25, 0.3) is 66.4 Å². The Morgan fingerprint density at radius 1 is 0.524 bits per heavy atom. The minimum Gasteiger partial charge on any atom is -0.454 e. The first-order chi connectivity index (χ1) is 30.2. The Morgan fingerprint density at radius 2 is 1.14 bits per heavy atom. The molecular weight excluding hydrogens is 763 g/mol. The van der Waals surface area contributed by atoms with Gasteiger partial charge >= 0.3 is 6.85 Å². The van der Waals surface area contributed by atoms with Gasteiger partial charge in [0.2, 0.25) is 0 Å². The van der Waals surface area contributed by atoms with Crippen molar-refractivity contribution >= 4 is 67.8 Å². The Labute approximate surface area is 370 Å². The van der Waals surface area contributed by atoms with Crippen molar-refractivity contribution in [2.45, 2.75) is 96.8 Å². The second-order valence-electron chi connectivity index (χ2n) is 21.9. The minimum atomic E-state index is -0.249. The number of fused-ring (bicyclic) bond motifs is 18. The van der Waals surface area contributed by atoms with Gasteiger partial charge in [0.05, 0.1) is 5.52 Å². The molecule has 5 aliphatic rings. The minimum absolute atomic E-state index is 0.0482. The van der Waals surface area contributed by atoms with Crippen molar-refractivity contribution in [2.75, 3.05) is 4.90 Å². The lowest BCUT2D eigenvalue weighted by Gasteiger charge is -2.46. The second kappa shape index (κ2) is 11.3. The van der Waals surface area contributed by atoms with Gasteiger partial charge in [0.25, 0.3) is 0 Å². The van der Waals surface area contributed by atoms with Crippen molar-refractivity contribution in [3.05, 3.63) is 160 Å². The molecule has 306 valence electrons. The molecule has 0 saturated carbocycles. The number of para-hydroxylation sites is 2. The Morgan fingerprint density at radius 3 is 1.89 bits per heavy atom. The summed E-state index contributed by atoms with van der Waals surface area (Å²) >= 11 is 0. The molecule has 2 aliphatic heterocycles. The van der Waals surface area contributed by atoms with E-state index in [2.05, 4.69) is 193 Å². The fraction of sp³-hybridized carbons (Fsp3) is 0.254. The Hall–Kier alpha value is -6.26. The average molecular weight is 815 g/mol. The highest BCUT2D eigenvalue weighted by molar-refractivity contribution is 6.90. The quantitative estimate of drug-likeness (QED) is 0.154. The zero-order chi connectivity index (χ0) is 42.9. The highest BCUT2D eigenvalue weighted by Crippen LogP contribution is 2.60. The third-order valence-electron chi connectivity index (χ3n) is 16.9. The number of aryl methyl sites for hydroxylation is 1. The summed E-state index contributed by atoms with van der Waals surface area (Å²) in [6, 6.07) is 46.8. The van der Waals surface area contributed by atoms with Crippen molar-refractivity contribution in [2.24, 2.45) is 0 Å². The lowest BCUT2D eigenvalue weighted by Crippen LogP contribution is -2.57. The standard InChI is InChI=1S/C59H51BN2O/c1-32-29-42-43(57(4,5)28-27-56(42,2)3)31-45(32)61-46-30-39-34-18-11-14-23-41(34)58(6,7)49(39)48-37-20-16-21-38-52(37)62(53-36-19-12-15-24-47(36)63-55(38)53)60(51(46)48)44-26-25-35-33-17-10-13-22-40(33)59(8,9)50(35)54(44)61/h10-26,29-31H,27-28H2,1-9H3. The summed E-state index contributed by atoms with van der Waals surface area (Å²) in [6.45, 7) is 22.0. The fourth-order valence-electron chi connectivity index (χ4n) is 13.8. The number of nitrogens with zero attached hydrogens (tertiary/aromatic N) is 2. The maximum Gasteiger partial charge on any atom is 0.333 e. The van der Waals surface area contributed by atoms with Gasteiger partial charge in [-0.15, -0.1) is 0 Å². The van der Waals surface area contributed by atoms with Gasteiger partial charge in [-0.1, -0.05) is 146 Å². The lowest BCUT2D eigenvalue weighted by molar-refractivity contribution is 0.332. The smallest absolute Gasteiger partial charge is 0.333 e. The van der Waals surface area contributed by atoms with Gasteiger partial charge < -0.3 is 13.8 Å². The predicted molar refractivity (Wildman–Crippen MR) is 265 cm³/mol. The monoisotopic (exact) mass is 814 g/mol. The molecule has 9 aromatic rings. The highest BCUT2D eigenvalue weighted by Gasteiger charge is 2.52. The van der Waals surface area contributed by atoms with Crippen LogP contribution in [0.4, 0.5) is 17.1 Å². The third-order valence-corrected chi connectivity index (χ3v) is 16.9. The number of hydrogen-bond donors (Lipinski definition) is 0. The van der Waals surface area contributed by atoms with E-state index in [1.807, 2.05) is 0 Å². The molecule has 0 radical (unpaired) electrons. The SMILES string of the molecule is Cc1cc2c(cc1N1c3cc4c(c5c3B(c3ccc6c(c31)C(C)(C)c1ccccc1-6)n1c3c-5cccc3c3oc5ccccc5c31)C(C)(C)c1ccccc1-4)C(C)(C)CCC2(C)C. The van der Waals surface area contributed by atoms with E-state index in [1.54, 1.807) is 0 Å². The van der Waals surface area contributed by atoms with E-state index in [0.717, 1.165) is 11.2 Å². The summed E-state index contributed by atoms with van der Waals surface area (Å²) in [4.78, 5) is 2.78. The molecule has 0 bridgehead atoms. The van der Waals surface area contributed by atoms with E-state index in [9.17, 15) is 0 Å². The van der Waals surface area contributed by atoms with Gasteiger partial charge in [0, 0.05) is 49.7 Å². The van der Waals surface area contributed by atoms with Crippen LogP contribution in [0.3, 0.4) is 0 Å². The van der Waals surface area contributed by atoms with E-state index in [-0.39, 0.29) is 28.5 Å². The highest BCUT2D eigenvalue weighted by atomic mass is 16.3. The summed E-state index contributed by atoms with van der Waals surface area (Å²) in [5.74, 6) is 0. The van der Waals surface area contributed by atoms with Gasteiger partial charge in [-0.25, -0.2) is 0 Å². The molecule has 3 aliphatic carbocycles. The van der Waals surface area contributed by atoms with Crippen molar-refractivity contribution in [1.82, 2.24) is 4.48 Å².